The summed E-state index contributed by atoms with van der Waals surface area (Å²) in [6.07, 6.45) is -0.277. The maximum absolute atomic E-state index is 11.9. The Hall–Kier alpha value is -2.38. The highest BCUT2D eigenvalue weighted by Crippen LogP contribution is 2.13. The van der Waals surface area contributed by atoms with Crippen LogP contribution in [0.4, 0.5) is 10.6 Å². The lowest BCUT2D eigenvalue weighted by atomic mass is 10.2. The number of nitrogens with zero attached hydrogens (tertiary/aromatic N) is 4. The average molecular weight is 335 g/mol. The molecule has 1 aromatic heterocycles. The van der Waals surface area contributed by atoms with Crippen molar-refractivity contribution in [2.75, 3.05) is 44.2 Å². The van der Waals surface area contributed by atoms with Crippen molar-refractivity contribution >= 4 is 17.8 Å². The second-order valence-electron chi connectivity index (χ2n) is 6.05. The van der Waals surface area contributed by atoms with Gasteiger partial charge >= 0.3 is 6.09 Å². The van der Waals surface area contributed by atoms with Gasteiger partial charge in [0.25, 0.3) is 5.91 Å². The molecule has 0 radical (unpaired) electrons. The summed E-state index contributed by atoms with van der Waals surface area (Å²) in [6, 6.07) is 3.47. The third-order valence-corrected chi connectivity index (χ3v) is 3.68. The van der Waals surface area contributed by atoms with Crippen LogP contribution in [0, 0.1) is 5.92 Å². The van der Waals surface area contributed by atoms with Crippen LogP contribution < -0.4 is 10.2 Å². The predicted molar refractivity (Wildman–Crippen MR) is 90.0 cm³/mol. The molecule has 0 unspecified atom stereocenters. The molecule has 2 rings (SSSR count). The van der Waals surface area contributed by atoms with Gasteiger partial charge in [0.15, 0.2) is 11.5 Å². The fourth-order valence-electron chi connectivity index (χ4n) is 2.34. The van der Waals surface area contributed by atoms with Crippen LogP contribution in [0.3, 0.4) is 0 Å². The van der Waals surface area contributed by atoms with E-state index in [1.807, 2.05) is 18.7 Å². The number of ether oxygens (including phenoxy) is 1. The maximum atomic E-state index is 11.9. The standard InChI is InChI=1S/C16H25N5O3/c1-4-24-16(23)21-9-7-20(8-10-21)14-6-5-13(18-19-14)15(22)17-11-12(2)3/h5-6,12H,4,7-11H2,1-3H3,(H,17,22). The van der Waals surface area contributed by atoms with Crippen molar-refractivity contribution in [1.29, 1.82) is 0 Å². The molecule has 0 aliphatic carbocycles. The highest BCUT2D eigenvalue weighted by molar-refractivity contribution is 5.92. The zero-order valence-electron chi connectivity index (χ0n) is 14.5. The zero-order valence-corrected chi connectivity index (χ0v) is 14.5. The SMILES string of the molecule is CCOC(=O)N1CCN(c2ccc(C(=O)NCC(C)C)nn2)CC1. The number of carbonyl (C=O) groups excluding carboxylic acids is 2. The van der Waals surface area contributed by atoms with Crippen molar-refractivity contribution in [3.05, 3.63) is 17.8 Å². The van der Waals surface area contributed by atoms with Gasteiger partial charge < -0.3 is 19.9 Å². The van der Waals surface area contributed by atoms with Gasteiger partial charge in [-0.05, 0) is 25.0 Å². The molecule has 1 fully saturated rings. The Labute approximate surface area is 142 Å². The van der Waals surface area contributed by atoms with Gasteiger partial charge in [0.2, 0.25) is 0 Å². The molecule has 0 bridgehead atoms. The molecule has 1 aliphatic rings. The molecule has 0 spiro atoms. The van der Waals surface area contributed by atoms with Crippen molar-refractivity contribution in [1.82, 2.24) is 20.4 Å². The van der Waals surface area contributed by atoms with Gasteiger partial charge in [-0.25, -0.2) is 4.79 Å². The van der Waals surface area contributed by atoms with Crippen molar-refractivity contribution < 1.29 is 14.3 Å². The van der Waals surface area contributed by atoms with Crippen molar-refractivity contribution in [2.24, 2.45) is 5.92 Å². The van der Waals surface area contributed by atoms with Crippen LogP contribution in [0.2, 0.25) is 0 Å². The minimum atomic E-state index is -0.277. The Balaban J connectivity index is 1.88. The van der Waals surface area contributed by atoms with E-state index < -0.39 is 0 Å². The molecule has 1 N–H and O–H groups in total. The topological polar surface area (TPSA) is 87.7 Å². The average Bonchev–Trinajstić information content (AvgIpc) is 2.60. The monoisotopic (exact) mass is 335 g/mol. The number of nitrogens with one attached hydrogen (secondary N) is 1. The quantitative estimate of drug-likeness (QED) is 0.868. The number of hydrogen-bond donors (Lipinski definition) is 1. The van der Waals surface area contributed by atoms with Crippen LogP contribution in [-0.4, -0.2) is 66.4 Å². The maximum Gasteiger partial charge on any atom is 0.409 e. The summed E-state index contributed by atoms with van der Waals surface area (Å²) in [7, 11) is 0. The Kier molecular flexibility index (Phi) is 6.34. The van der Waals surface area contributed by atoms with E-state index in [0.29, 0.717) is 56.8 Å². The molecule has 0 atom stereocenters. The number of piperazine rings is 1. The highest BCUT2D eigenvalue weighted by atomic mass is 16.6. The summed E-state index contributed by atoms with van der Waals surface area (Å²) < 4.78 is 5.00. The zero-order chi connectivity index (χ0) is 17.5. The van der Waals surface area contributed by atoms with Gasteiger partial charge in [-0.2, -0.15) is 0 Å². The van der Waals surface area contributed by atoms with Crippen LogP contribution >= 0.6 is 0 Å². The lowest BCUT2D eigenvalue weighted by Gasteiger charge is -2.34. The van der Waals surface area contributed by atoms with Crippen molar-refractivity contribution in [3.8, 4) is 0 Å². The van der Waals surface area contributed by atoms with E-state index >= 15 is 0 Å². The van der Waals surface area contributed by atoms with Crippen LogP contribution in [0.5, 0.6) is 0 Å². The van der Waals surface area contributed by atoms with Crippen molar-refractivity contribution in [2.45, 2.75) is 20.8 Å². The third-order valence-electron chi connectivity index (χ3n) is 3.68. The van der Waals surface area contributed by atoms with Gasteiger partial charge in [0.1, 0.15) is 0 Å². The summed E-state index contributed by atoms with van der Waals surface area (Å²) in [5, 5.41) is 11.0. The second kappa shape index (κ2) is 8.47. The van der Waals surface area contributed by atoms with Gasteiger partial charge in [0.05, 0.1) is 6.61 Å². The minimum Gasteiger partial charge on any atom is -0.450 e. The van der Waals surface area contributed by atoms with E-state index in [4.69, 9.17) is 4.74 Å². The fourth-order valence-corrected chi connectivity index (χ4v) is 2.34. The van der Waals surface area contributed by atoms with E-state index in [-0.39, 0.29) is 12.0 Å². The first kappa shape index (κ1) is 18.0. The molecule has 1 saturated heterocycles. The van der Waals surface area contributed by atoms with E-state index in [0.717, 1.165) is 0 Å². The third kappa shape index (κ3) is 4.81. The van der Waals surface area contributed by atoms with E-state index in [1.165, 1.54) is 0 Å². The molecular weight excluding hydrogens is 310 g/mol. The molecule has 8 nitrogen and oxygen atoms in total. The highest BCUT2D eigenvalue weighted by Gasteiger charge is 2.23. The number of rotatable bonds is 5. The molecule has 24 heavy (non-hydrogen) atoms. The van der Waals surface area contributed by atoms with Crippen LogP contribution in [-0.2, 0) is 4.74 Å². The van der Waals surface area contributed by atoms with Crippen LogP contribution in [0.25, 0.3) is 0 Å². The largest absolute Gasteiger partial charge is 0.450 e. The molecule has 1 aromatic rings. The second-order valence-corrected chi connectivity index (χ2v) is 6.05. The summed E-state index contributed by atoms with van der Waals surface area (Å²) in [6.45, 7) is 9.33. The molecule has 1 aliphatic heterocycles. The number of amides is 2. The molecule has 132 valence electrons. The number of anilines is 1. The summed E-state index contributed by atoms with van der Waals surface area (Å²) in [4.78, 5) is 27.3. The lowest BCUT2D eigenvalue weighted by molar-refractivity contribution is 0.0942. The van der Waals surface area contributed by atoms with Crippen LogP contribution in [0.15, 0.2) is 12.1 Å². The minimum absolute atomic E-state index is 0.213. The Bertz CT molecular complexity index is 553. The van der Waals surface area contributed by atoms with Crippen LogP contribution in [0.1, 0.15) is 31.3 Å². The molecule has 0 saturated carbocycles. The predicted octanol–water partition coefficient (Wildman–Crippen LogP) is 1.14. The lowest BCUT2D eigenvalue weighted by Crippen LogP contribution is -2.49. The molecular formula is C16H25N5O3. The van der Waals surface area contributed by atoms with Gasteiger partial charge in [0, 0.05) is 32.7 Å². The van der Waals surface area contributed by atoms with E-state index in [9.17, 15) is 9.59 Å². The Morgan fingerprint density at radius 2 is 1.92 bits per heavy atom. The van der Waals surface area contributed by atoms with E-state index in [1.54, 1.807) is 24.0 Å². The molecule has 0 aromatic carbocycles. The van der Waals surface area contributed by atoms with Crippen molar-refractivity contribution in [3.63, 3.8) is 0 Å². The molecule has 8 heteroatoms. The Morgan fingerprint density at radius 3 is 2.46 bits per heavy atom. The molecule has 2 amide bonds. The van der Waals surface area contributed by atoms with Gasteiger partial charge in [-0.1, -0.05) is 13.8 Å². The first-order chi connectivity index (χ1) is 11.5. The summed E-state index contributed by atoms with van der Waals surface area (Å²) in [5.74, 6) is 0.880. The first-order valence-corrected chi connectivity index (χ1v) is 8.29. The molecule has 2 heterocycles. The number of carbonyl (C=O) groups is 2. The normalized spacial score (nSPS) is 14.7. The Morgan fingerprint density at radius 1 is 1.21 bits per heavy atom. The van der Waals surface area contributed by atoms with E-state index in [2.05, 4.69) is 15.5 Å². The fraction of sp³-hybridized carbons (Fsp3) is 0.625. The summed E-state index contributed by atoms with van der Waals surface area (Å²) >= 11 is 0. The van der Waals surface area contributed by atoms with Gasteiger partial charge in [-0.3, -0.25) is 4.79 Å². The first-order valence-electron chi connectivity index (χ1n) is 8.29. The number of aromatic nitrogens is 2. The number of hydrogen-bond acceptors (Lipinski definition) is 6. The summed E-state index contributed by atoms with van der Waals surface area (Å²) in [5.41, 5.74) is 0.310. The van der Waals surface area contributed by atoms with Gasteiger partial charge in [-0.15, -0.1) is 10.2 Å². The smallest absolute Gasteiger partial charge is 0.409 e.